The van der Waals surface area contributed by atoms with Crippen molar-refractivity contribution in [2.75, 3.05) is 19.6 Å². The van der Waals surface area contributed by atoms with Gasteiger partial charge in [0.1, 0.15) is 6.04 Å². The average molecular weight is 323 g/mol. The quantitative estimate of drug-likeness (QED) is 0.802. The molecule has 24 heavy (non-hydrogen) atoms. The molecule has 0 aliphatic carbocycles. The zero-order chi connectivity index (χ0) is 16.8. The van der Waals surface area contributed by atoms with Gasteiger partial charge in [0.15, 0.2) is 0 Å². The lowest BCUT2D eigenvalue weighted by Gasteiger charge is -2.28. The molecule has 1 atom stereocenters. The van der Waals surface area contributed by atoms with Gasteiger partial charge in [0.05, 0.1) is 0 Å². The van der Waals surface area contributed by atoms with Crippen molar-refractivity contribution in [3.05, 3.63) is 71.3 Å². The summed E-state index contributed by atoms with van der Waals surface area (Å²) in [6.45, 7) is 3.76. The standard InChI is InChI=1S/C20H25N3O/c21-19(17-8-2-1-3-9-17)20(24)22-12-6-13-23-14-11-16-7-4-5-10-18(16)15-23/h1-5,7-10,19H,6,11-15,21H2,(H,22,24)/t19-/m0/s1. The Balaban J connectivity index is 1.39. The zero-order valence-corrected chi connectivity index (χ0v) is 13.9. The number of carbonyl (C=O) groups is 1. The number of nitrogens with one attached hydrogen (secondary N) is 1. The van der Waals surface area contributed by atoms with Gasteiger partial charge in [-0.3, -0.25) is 9.69 Å². The van der Waals surface area contributed by atoms with Crippen LogP contribution in [0.3, 0.4) is 0 Å². The van der Waals surface area contributed by atoms with Crippen LogP contribution in [0.1, 0.15) is 29.2 Å². The van der Waals surface area contributed by atoms with E-state index >= 15 is 0 Å². The van der Waals surface area contributed by atoms with Gasteiger partial charge in [0.25, 0.3) is 0 Å². The molecule has 2 aromatic carbocycles. The predicted molar refractivity (Wildman–Crippen MR) is 96.4 cm³/mol. The summed E-state index contributed by atoms with van der Waals surface area (Å²) in [5.41, 5.74) is 9.74. The molecule has 0 spiro atoms. The summed E-state index contributed by atoms with van der Waals surface area (Å²) in [4.78, 5) is 14.6. The van der Waals surface area contributed by atoms with Crippen LogP contribution in [-0.2, 0) is 17.8 Å². The minimum Gasteiger partial charge on any atom is -0.354 e. The second-order valence-corrected chi connectivity index (χ2v) is 6.33. The highest BCUT2D eigenvalue weighted by Gasteiger charge is 2.16. The van der Waals surface area contributed by atoms with Gasteiger partial charge < -0.3 is 11.1 Å². The summed E-state index contributed by atoms with van der Waals surface area (Å²) >= 11 is 0. The summed E-state index contributed by atoms with van der Waals surface area (Å²) in [5, 5.41) is 2.95. The largest absolute Gasteiger partial charge is 0.354 e. The fourth-order valence-corrected chi connectivity index (χ4v) is 3.18. The first-order chi connectivity index (χ1) is 11.7. The van der Waals surface area contributed by atoms with Gasteiger partial charge in [0, 0.05) is 26.2 Å². The van der Waals surface area contributed by atoms with Crippen molar-refractivity contribution >= 4 is 5.91 Å². The van der Waals surface area contributed by atoms with E-state index in [4.69, 9.17) is 5.73 Å². The van der Waals surface area contributed by atoms with Crippen LogP contribution >= 0.6 is 0 Å². The monoisotopic (exact) mass is 323 g/mol. The van der Waals surface area contributed by atoms with E-state index in [0.29, 0.717) is 6.54 Å². The van der Waals surface area contributed by atoms with Crippen LogP contribution in [0.5, 0.6) is 0 Å². The molecule has 1 amide bonds. The van der Waals surface area contributed by atoms with Gasteiger partial charge in [-0.05, 0) is 29.5 Å². The molecule has 0 saturated heterocycles. The SMILES string of the molecule is N[C@H](C(=O)NCCCN1CCc2ccccc2C1)c1ccccc1. The molecule has 3 N–H and O–H groups in total. The van der Waals surface area contributed by atoms with E-state index in [1.165, 1.54) is 11.1 Å². The number of rotatable bonds is 6. The number of benzene rings is 2. The molecular weight excluding hydrogens is 298 g/mol. The fraction of sp³-hybridized carbons (Fsp3) is 0.350. The van der Waals surface area contributed by atoms with E-state index in [2.05, 4.69) is 34.5 Å². The molecule has 126 valence electrons. The minimum absolute atomic E-state index is 0.106. The highest BCUT2D eigenvalue weighted by atomic mass is 16.2. The average Bonchev–Trinajstić information content (AvgIpc) is 2.65. The number of fused-ring (bicyclic) bond motifs is 1. The van der Waals surface area contributed by atoms with Crippen LogP contribution in [-0.4, -0.2) is 30.4 Å². The maximum absolute atomic E-state index is 12.1. The van der Waals surface area contributed by atoms with Crippen molar-refractivity contribution in [1.29, 1.82) is 0 Å². The Bertz CT molecular complexity index is 672. The molecular formula is C20H25N3O. The van der Waals surface area contributed by atoms with Gasteiger partial charge in [-0.25, -0.2) is 0 Å². The number of nitrogens with two attached hydrogens (primary N) is 1. The Labute approximate surface area is 143 Å². The number of hydrogen-bond acceptors (Lipinski definition) is 3. The van der Waals surface area contributed by atoms with Gasteiger partial charge in [0.2, 0.25) is 5.91 Å². The molecule has 0 aromatic heterocycles. The first-order valence-electron chi connectivity index (χ1n) is 8.61. The Kier molecular flexibility index (Phi) is 5.62. The maximum Gasteiger partial charge on any atom is 0.241 e. The molecule has 0 radical (unpaired) electrons. The summed E-state index contributed by atoms with van der Waals surface area (Å²) in [5.74, 6) is -0.106. The number of hydrogen-bond donors (Lipinski definition) is 2. The van der Waals surface area contributed by atoms with E-state index in [-0.39, 0.29) is 5.91 Å². The summed E-state index contributed by atoms with van der Waals surface area (Å²) < 4.78 is 0. The molecule has 1 aliphatic rings. The molecule has 0 fully saturated rings. The molecule has 0 unspecified atom stereocenters. The lowest BCUT2D eigenvalue weighted by Crippen LogP contribution is -2.37. The third kappa shape index (κ3) is 4.22. The van der Waals surface area contributed by atoms with Crippen LogP contribution in [0.15, 0.2) is 54.6 Å². The molecule has 1 heterocycles. The van der Waals surface area contributed by atoms with Crippen LogP contribution < -0.4 is 11.1 Å². The summed E-state index contributed by atoms with van der Waals surface area (Å²) in [6, 6.07) is 17.5. The van der Waals surface area contributed by atoms with Crippen molar-refractivity contribution in [1.82, 2.24) is 10.2 Å². The van der Waals surface area contributed by atoms with Crippen LogP contribution in [0.4, 0.5) is 0 Å². The smallest absolute Gasteiger partial charge is 0.241 e. The Morgan fingerprint density at radius 2 is 1.79 bits per heavy atom. The van der Waals surface area contributed by atoms with Gasteiger partial charge in [-0.1, -0.05) is 54.6 Å². The maximum atomic E-state index is 12.1. The van der Waals surface area contributed by atoms with E-state index in [1.807, 2.05) is 30.3 Å². The third-order valence-corrected chi connectivity index (χ3v) is 4.60. The van der Waals surface area contributed by atoms with Crippen molar-refractivity contribution in [2.24, 2.45) is 5.73 Å². The predicted octanol–water partition coefficient (Wildman–Crippen LogP) is 2.25. The van der Waals surface area contributed by atoms with E-state index in [9.17, 15) is 4.79 Å². The molecule has 4 nitrogen and oxygen atoms in total. The first-order valence-corrected chi connectivity index (χ1v) is 8.61. The number of nitrogens with zero attached hydrogens (tertiary/aromatic N) is 1. The normalized spacial score (nSPS) is 15.5. The first kappa shape index (κ1) is 16.7. The number of amides is 1. The second kappa shape index (κ2) is 8.08. The molecule has 1 aliphatic heterocycles. The van der Waals surface area contributed by atoms with Crippen molar-refractivity contribution < 1.29 is 4.79 Å². The lowest BCUT2D eigenvalue weighted by molar-refractivity contribution is -0.122. The number of carbonyl (C=O) groups excluding carboxylic acids is 1. The highest BCUT2D eigenvalue weighted by Crippen LogP contribution is 2.18. The van der Waals surface area contributed by atoms with E-state index < -0.39 is 6.04 Å². The van der Waals surface area contributed by atoms with Crippen molar-refractivity contribution in [3.8, 4) is 0 Å². The van der Waals surface area contributed by atoms with Crippen LogP contribution in [0.2, 0.25) is 0 Å². The molecule has 0 saturated carbocycles. The van der Waals surface area contributed by atoms with Crippen LogP contribution in [0.25, 0.3) is 0 Å². The Morgan fingerprint density at radius 3 is 2.58 bits per heavy atom. The third-order valence-electron chi connectivity index (χ3n) is 4.60. The van der Waals surface area contributed by atoms with Crippen molar-refractivity contribution in [3.63, 3.8) is 0 Å². The Hall–Kier alpha value is -2.17. The lowest BCUT2D eigenvalue weighted by atomic mass is 10.00. The van der Waals surface area contributed by atoms with Gasteiger partial charge >= 0.3 is 0 Å². The van der Waals surface area contributed by atoms with E-state index in [1.54, 1.807) is 0 Å². The Morgan fingerprint density at radius 1 is 1.08 bits per heavy atom. The summed E-state index contributed by atoms with van der Waals surface area (Å²) in [6.07, 6.45) is 2.05. The van der Waals surface area contributed by atoms with Gasteiger partial charge in [-0.15, -0.1) is 0 Å². The van der Waals surface area contributed by atoms with Crippen LogP contribution in [0, 0.1) is 0 Å². The zero-order valence-electron chi connectivity index (χ0n) is 13.9. The highest BCUT2D eigenvalue weighted by molar-refractivity contribution is 5.82. The molecule has 4 heteroatoms. The summed E-state index contributed by atoms with van der Waals surface area (Å²) in [7, 11) is 0. The minimum atomic E-state index is -0.590. The molecule has 3 rings (SSSR count). The van der Waals surface area contributed by atoms with Gasteiger partial charge in [-0.2, -0.15) is 0 Å². The van der Waals surface area contributed by atoms with Crippen molar-refractivity contribution in [2.45, 2.75) is 25.4 Å². The molecule has 2 aromatic rings. The fourth-order valence-electron chi connectivity index (χ4n) is 3.18. The topological polar surface area (TPSA) is 58.4 Å². The van der Waals surface area contributed by atoms with E-state index in [0.717, 1.165) is 38.0 Å². The second-order valence-electron chi connectivity index (χ2n) is 6.33. The molecule has 0 bridgehead atoms.